The molecule has 2 N–H and O–H groups in total. The number of hydrogen-bond acceptors (Lipinski definition) is 9. The molecule has 0 saturated carbocycles. The molecule has 3 aromatic carbocycles. The van der Waals surface area contributed by atoms with E-state index >= 15 is 0 Å². The Morgan fingerprint density at radius 1 is 0.915 bits per heavy atom. The lowest BCUT2D eigenvalue weighted by atomic mass is 9.98. The van der Waals surface area contributed by atoms with E-state index in [-0.39, 0.29) is 18.3 Å². The fourth-order valence-electron chi connectivity index (χ4n) is 6.13. The van der Waals surface area contributed by atoms with Gasteiger partial charge in [-0.25, -0.2) is 9.78 Å². The minimum Gasteiger partial charge on any atom is -0.497 e. The van der Waals surface area contributed by atoms with Crippen LogP contribution < -0.4 is 20.3 Å². The zero-order valence-electron chi connectivity index (χ0n) is 28.0. The fraction of sp³-hybridized carbons (Fsp3) is 0.405. The number of rotatable bonds is 8. The van der Waals surface area contributed by atoms with Crippen LogP contribution in [-0.4, -0.2) is 71.2 Å². The van der Waals surface area contributed by atoms with Crippen molar-refractivity contribution in [1.82, 2.24) is 25.4 Å². The molecule has 1 amide bonds. The number of piperazine rings is 1. The number of carbonyl (C=O) groups excluding carboxylic acids is 1. The molecule has 2 unspecified atom stereocenters. The molecule has 2 aliphatic rings. The first kappa shape index (κ1) is 32.2. The van der Waals surface area contributed by atoms with Crippen molar-refractivity contribution in [3.8, 4) is 17.1 Å². The number of benzene rings is 3. The van der Waals surface area contributed by atoms with Crippen LogP contribution in [0.3, 0.4) is 0 Å². The van der Waals surface area contributed by atoms with Crippen LogP contribution in [0.1, 0.15) is 56.1 Å². The van der Waals surface area contributed by atoms with Crippen molar-refractivity contribution in [3.63, 3.8) is 0 Å². The maximum Gasteiger partial charge on any atom is 0.410 e. The van der Waals surface area contributed by atoms with Gasteiger partial charge < -0.3 is 24.6 Å². The minimum absolute atomic E-state index is 0.101. The second-order valence-corrected chi connectivity index (χ2v) is 13.3. The van der Waals surface area contributed by atoms with Gasteiger partial charge in [0, 0.05) is 49.9 Å². The van der Waals surface area contributed by atoms with E-state index < -0.39 is 5.60 Å². The molecule has 3 heterocycles. The second-order valence-electron chi connectivity index (χ2n) is 13.3. The van der Waals surface area contributed by atoms with Crippen LogP contribution in [0.15, 0.2) is 72.8 Å². The number of nitrogens with one attached hydrogen (secondary N) is 2. The van der Waals surface area contributed by atoms with E-state index in [4.69, 9.17) is 19.6 Å². The van der Waals surface area contributed by atoms with Crippen LogP contribution in [-0.2, 0) is 24.0 Å². The van der Waals surface area contributed by atoms with Crippen molar-refractivity contribution in [1.29, 1.82) is 0 Å². The van der Waals surface area contributed by atoms with Crippen LogP contribution in [0.5, 0.6) is 5.75 Å². The lowest BCUT2D eigenvalue weighted by Gasteiger charge is -2.36. The van der Waals surface area contributed by atoms with Crippen LogP contribution in [0.4, 0.5) is 16.3 Å². The summed E-state index contributed by atoms with van der Waals surface area (Å²) in [7, 11) is 1.68. The summed E-state index contributed by atoms with van der Waals surface area (Å²) in [5.41, 5.74) is 5.99. The van der Waals surface area contributed by atoms with E-state index in [1.807, 2.05) is 39.0 Å². The van der Waals surface area contributed by atoms with Gasteiger partial charge in [-0.3, -0.25) is 5.32 Å². The van der Waals surface area contributed by atoms with Gasteiger partial charge in [0.2, 0.25) is 0 Å². The number of anilines is 2. The molecule has 6 rings (SSSR count). The number of hydrogen-bond donors (Lipinski definition) is 2. The Balaban J connectivity index is 1.21. The van der Waals surface area contributed by atoms with Gasteiger partial charge in [-0.15, -0.1) is 10.2 Å². The van der Waals surface area contributed by atoms with Crippen molar-refractivity contribution in [2.45, 2.75) is 64.8 Å². The predicted octanol–water partition coefficient (Wildman–Crippen LogP) is 6.03. The highest BCUT2D eigenvalue weighted by Gasteiger charge is 2.29. The second kappa shape index (κ2) is 14.0. The smallest absolute Gasteiger partial charge is 0.410 e. The number of fused-ring (bicyclic) bond motifs is 1. The molecule has 1 fully saturated rings. The van der Waals surface area contributed by atoms with Crippen LogP contribution in [0.25, 0.3) is 11.4 Å². The van der Waals surface area contributed by atoms with Gasteiger partial charge in [0.25, 0.3) is 0 Å². The molecular formula is C37H45N7O3. The van der Waals surface area contributed by atoms with Crippen LogP contribution in [0.2, 0.25) is 0 Å². The number of methoxy groups -OCH3 is 1. The highest BCUT2D eigenvalue weighted by molar-refractivity contribution is 5.69. The van der Waals surface area contributed by atoms with Gasteiger partial charge >= 0.3 is 6.09 Å². The predicted molar refractivity (Wildman–Crippen MR) is 185 cm³/mol. The normalized spacial score (nSPS) is 17.9. The fourth-order valence-corrected chi connectivity index (χ4v) is 6.13. The first-order valence-corrected chi connectivity index (χ1v) is 16.5. The standard InChI is InChI=1S/C37H45N7O3/c1-25-30-24-28(14-18-31(30)39-33(38-25)23-27-11-15-29(46-5)16-12-27)34-40-35(32(41-42-34)17-13-26-9-7-6-8-10-26)43-19-21-44(22-20-43)36(45)47-37(2,3)4/h6-12,14-16,18,24-25,33,38-39H,13,17,19-23H2,1-5H3. The summed E-state index contributed by atoms with van der Waals surface area (Å²) < 4.78 is 10.9. The monoisotopic (exact) mass is 635 g/mol. The molecule has 47 heavy (non-hydrogen) atoms. The summed E-state index contributed by atoms with van der Waals surface area (Å²) in [5.74, 6) is 2.28. The molecule has 1 saturated heterocycles. The van der Waals surface area contributed by atoms with Gasteiger partial charge in [0.1, 0.15) is 17.0 Å². The van der Waals surface area contributed by atoms with Gasteiger partial charge in [0.15, 0.2) is 11.6 Å². The van der Waals surface area contributed by atoms with Gasteiger partial charge in [-0.05, 0) is 87.6 Å². The molecule has 2 aliphatic heterocycles. The molecular weight excluding hydrogens is 590 g/mol. The minimum atomic E-state index is -0.529. The van der Waals surface area contributed by atoms with E-state index in [2.05, 4.69) is 82.2 Å². The van der Waals surface area contributed by atoms with E-state index in [0.717, 1.165) is 53.3 Å². The summed E-state index contributed by atoms with van der Waals surface area (Å²) >= 11 is 0. The van der Waals surface area contributed by atoms with Gasteiger partial charge in [0.05, 0.1) is 13.3 Å². The molecule has 0 radical (unpaired) electrons. The largest absolute Gasteiger partial charge is 0.497 e. The molecule has 246 valence electrons. The first-order chi connectivity index (χ1) is 22.6. The van der Waals surface area contributed by atoms with Crippen molar-refractivity contribution >= 4 is 17.6 Å². The highest BCUT2D eigenvalue weighted by atomic mass is 16.6. The van der Waals surface area contributed by atoms with E-state index in [1.165, 1.54) is 11.1 Å². The Morgan fingerprint density at radius 3 is 2.36 bits per heavy atom. The summed E-state index contributed by atoms with van der Waals surface area (Å²) in [6.45, 7) is 10.2. The Kier molecular flexibility index (Phi) is 9.58. The Bertz CT molecular complexity index is 1670. The number of amides is 1. The maximum absolute atomic E-state index is 12.7. The molecule has 2 atom stereocenters. The van der Waals surface area contributed by atoms with Crippen molar-refractivity contribution in [2.75, 3.05) is 43.5 Å². The van der Waals surface area contributed by atoms with Gasteiger partial charge in [-0.2, -0.15) is 0 Å². The number of ether oxygens (including phenoxy) is 2. The lowest BCUT2D eigenvalue weighted by molar-refractivity contribution is 0.0240. The number of aryl methyl sites for hydroxylation is 2. The third kappa shape index (κ3) is 8.00. The van der Waals surface area contributed by atoms with Gasteiger partial charge in [-0.1, -0.05) is 42.5 Å². The summed E-state index contributed by atoms with van der Waals surface area (Å²) in [5, 5.41) is 16.8. The quantitative estimate of drug-likeness (QED) is 0.240. The average molecular weight is 636 g/mol. The Morgan fingerprint density at radius 2 is 1.66 bits per heavy atom. The number of nitrogens with zero attached hydrogens (tertiary/aromatic N) is 5. The van der Waals surface area contributed by atoms with Crippen molar-refractivity contribution in [2.24, 2.45) is 0 Å². The topological polar surface area (TPSA) is 105 Å². The molecule has 1 aromatic heterocycles. The molecule has 10 heteroatoms. The lowest BCUT2D eigenvalue weighted by Crippen LogP contribution is -2.50. The third-order valence-corrected chi connectivity index (χ3v) is 8.62. The highest BCUT2D eigenvalue weighted by Crippen LogP contribution is 2.33. The number of carbonyl (C=O) groups is 1. The molecule has 0 spiro atoms. The van der Waals surface area contributed by atoms with Crippen molar-refractivity contribution < 1.29 is 14.3 Å². The molecule has 10 nitrogen and oxygen atoms in total. The maximum atomic E-state index is 12.7. The summed E-state index contributed by atoms with van der Waals surface area (Å²) in [6.07, 6.45) is 2.23. The van der Waals surface area contributed by atoms with Crippen LogP contribution >= 0.6 is 0 Å². The molecule has 4 aromatic rings. The Hall–Kier alpha value is -4.70. The SMILES string of the molecule is COc1ccc(CC2Nc3ccc(-c4nnc(CCc5ccccc5)c(N5CCN(C(=O)OC(C)(C)C)CC5)n4)cc3C(C)N2)cc1. The van der Waals surface area contributed by atoms with Crippen molar-refractivity contribution in [3.05, 3.63) is 95.2 Å². The average Bonchev–Trinajstić information content (AvgIpc) is 3.07. The summed E-state index contributed by atoms with van der Waals surface area (Å²) in [4.78, 5) is 21.9. The number of aromatic nitrogens is 3. The first-order valence-electron chi connectivity index (χ1n) is 16.5. The van der Waals surface area contributed by atoms with Crippen LogP contribution in [0, 0.1) is 0 Å². The Labute approximate surface area is 277 Å². The zero-order chi connectivity index (χ0) is 33.0. The molecule has 0 bridgehead atoms. The van der Waals surface area contributed by atoms with E-state index in [9.17, 15) is 4.79 Å². The van der Waals surface area contributed by atoms with E-state index in [0.29, 0.717) is 32.0 Å². The molecule has 0 aliphatic carbocycles. The third-order valence-electron chi connectivity index (χ3n) is 8.62. The summed E-state index contributed by atoms with van der Waals surface area (Å²) in [6, 6.07) is 25.1. The zero-order valence-corrected chi connectivity index (χ0v) is 28.0. The van der Waals surface area contributed by atoms with E-state index in [1.54, 1.807) is 12.0 Å².